The summed E-state index contributed by atoms with van der Waals surface area (Å²) in [4.78, 5) is 5.19. The lowest BCUT2D eigenvalue weighted by Crippen LogP contribution is -2.34. The van der Waals surface area contributed by atoms with E-state index in [-0.39, 0.29) is 0 Å². The van der Waals surface area contributed by atoms with Crippen LogP contribution in [0, 0.1) is 42.4 Å². The lowest BCUT2D eigenvalue weighted by molar-refractivity contribution is 0.428. The van der Waals surface area contributed by atoms with Gasteiger partial charge in [0.2, 0.25) is 0 Å². The molecule has 2 nitrogen and oxygen atoms in total. The third-order valence-electron chi connectivity index (χ3n) is 11.3. The molecule has 2 aliphatic heterocycles. The molecule has 2 heteroatoms. The Hall–Kier alpha value is -3.00. The van der Waals surface area contributed by atoms with E-state index in [2.05, 4.69) is 124 Å². The van der Waals surface area contributed by atoms with Crippen molar-refractivity contribution in [3.63, 3.8) is 0 Å². The van der Waals surface area contributed by atoms with Gasteiger partial charge in [0.25, 0.3) is 0 Å². The molecule has 2 heterocycles. The molecule has 0 saturated heterocycles. The number of allylic oxidation sites excluding steroid dienone is 6. The van der Waals surface area contributed by atoms with E-state index in [1.165, 1.54) is 28.1 Å². The highest BCUT2D eigenvalue weighted by atomic mass is 15.2. The van der Waals surface area contributed by atoms with Gasteiger partial charge in [-0.3, -0.25) is 0 Å². The summed E-state index contributed by atoms with van der Waals surface area (Å²) in [6.07, 6.45) is 17.1. The van der Waals surface area contributed by atoms with Gasteiger partial charge in [-0.1, -0.05) is 80.1 Å². The standard InChI is InChI=1S/C35H38N2/c1-19-10-14-30-28(16-19)32-21(3)25-13-11-22(17-27(25)35(32)37(30)5)23-12-15-31-29(18-23)33-20(2)24-8-6-7-9-26(24)34(33)36(31)4/h6-18,20-21,24-27,32-35H,1-5H3. The smallest absolute Gasteiger partial charge is 0.0427 e. The lowest BCUT2D eigenvalue weighted by atomic mass is 9.80. The van der Waals surface area contributed by atoms with E-state index in [0.29, 0.717) is 59.4 Å². The van der Waals surface area contributed by atoms with E-state index in [0.717, 1.165) is 0 Å². The topological polar surface area (TPSA) is 6.48 Å². The second-order valence-corrected chi connectivity index (χ2v) is 12.9. The maximum Gasteiger partial charge on any atom is 0.0427 e. The quantitative estimate of drug-likeness (QED) is 0.416. The van der Waals surface area contributed by atoms with Crippen molar-refractivity contribution >= 4 is 16.9 Å². The van der Waals surface area contributed by atoms with E-state index < -0.39 is 0 Å². The van der Waals surface area contributed by atoms with Gasteiger partial charge in [-0.25, -0.2) is 0 Å². The number of rotatable bonds is 1. The zero-order valence-corrected chi connectivity index (χ0v) is 22.7. The van der Waals surface area contributed by atoms with Gasteiger partial charge in [0.15, 0.2) is 0 Å². The first-order valence-electron chi connectivity index (χ1n) is 14.4. The van der Waals surface area contributed by atoms with Gasteiger partial charge in [0.1, 0.15) is 0 Å². The van der Waals surface area contributed by atoms with Gasteiger partial charge in [-0.15, -0.1) is 0 Å². The summed E-state index contributed by atoms with van der Waals surface area (Å²) >= 11 is 0. The van der Waals surface area contributed by atoms with Crippen LogP contribution in [0.5, 0.6) is 0 Å². The third-order valence-corrected chi connectivity index (χ3v) is 11.3. The maximum absolute atomic E-state index is 2.64. The van der Waals surface area contributed by atoms with Crippen molar-refractivity contribution in [2.45, 2.75) is 44.7 Å². The lowest BCUT2D eigenvalue weighted by Gasteiger charge is -2.31. The Morgan fingerprint density at radius 1 is 0.649 bits per heavy atom. The van der Waals surface area contributed by atoms with Gasteiger partial charge >= 0.3 is 0 Å². The van der Waals surface area contributed by atoms with Crippen LogP contribution < -0.4 is 9.80 Å². The van der Waals surface area contributed by atoms with E-state index in [4.69, 9.17) is 0 Å². The van der Waals surface area contributed by atoms with Crippen LogP contribution in [0.25, 0.3) is 5.57 Å². The Morgan fingerprint density at radius 3 is 1.97 bits per heavy atom. The normalized spacial score (nSPS) is 39.8. The molecule has 0 amide bonds. The molecule has 2 fully saturated rings. The van der Waals surface area contributed by atoms with Gasteiger partial charge in [0.05, 0.1) is 0 Å². The number of hydrogen-bond donors (Lipinski definition) is 0. The highest BCUT2D eigenvalue weighted by molar-refractivity contribution is 5.79. The Morgan fingerprint density at radius 2 is 1.24 bits per heavy atom. The van der Waals surface area contributed by atoms with Crippen LogP contribution >= 0.6 is 0 Å². The SMILES string of the molecule is Cc1ccc2c(c1)C1C(C)C3C=CC(c4ccc5c(c4)C4C(C)C6C=CC=CC6C4N5C)=CC3C1N2C. The van der Waals surface area contributed by atoms with Crippen LogP contribution in [-0.2, 0) is 0 Å². The van der Waals surface area contributed by atoms with Crippen molar-refractivity contribution in [2.75, 3.05) is 23.9 Å². The molecular weight excluding hydrogens is 448 g/mol. The summed E-state index contributed by atoms with van der Waals surface area (Å²) in [7, 11) is 4.65. The molecule has 0 bridgehead atoms. The molecule has 0 N–H and O–H groups in total. The molecule has 2 aromatic carbocycles. The first-order valence-corrected chi connectivity index (χ1v) is 14.4. The van der Waals surface area contributed by atoms with E-state index in [1.807, 2.05) is 0 Å². The highest BCUT2D eigenvalue weighted by Crippen LogP contribution is 2.60. The molecule has 0 radical (unpaired) electrons. The molecule has 4 aliphatic carbocycles. The number of aryl methyl sites for hydroxylation is 1. The minimum Gasteiger partial charge on any atom is -0.370 e. The van der Waals surface area contributed by atoms with E-state index >= 15 is 0 Å². The van der Waals surface area contributed by atoms with E-state index in [9.17, 15) is 0 Å². The molecule has 0 spiro atoms. The molecule has 188 valence electrons. The molecule has 10 atom stereocenters. The fraction of sp³-hybridized carbons (Fsp3) is 0.429. The molecule has 2 aromatic rings. The molecular formula is C35H38N2. The third kappa shape index (κ3) is 2.77. The average Bonchev–Trinajstić information content (AvgIpc) is 3.57. The van der Waals surface area contributed by atoms with Gasteiger partial charge in [0, 0.05) is 61.2 Å². The van der Waals surface area contributed by atoms with Crippen LogP contribution in [0.3, 0.4) is 0 Å². The average molecular weight is 487 g/mol. The number of fused-ring (bicyclic) bond motifs is 10. The molecule has 0 aromatic heterocycles. The molecule has 10 unspecified atom stereocenters. The second kappa shape index (κ2) is 7.53. The molecule has 2 saturated carbocycles. The summed E-state index contributed by atoms with van der Waals surface area (Å²) in [5.74, 6) is 5.02. The van der Waals surface area contributed by atoms with Crippen LogP contribution in [-0.4, -0.2) is 26.2 Å². The van der Waals surface area contributed by atoms with Gasteiger partial charge in [-0.2, -0.15) is 0 Å². The maximum atomic E-state index is 2.64. The fourth-order valence-electron chi connectivity index (χ4n) is 9.69. The Bertz CT molecular complexity index is 1420. The monoisotopic (exact) mass is 486 g/mol. The molecule has 37 heavy (non-hydrogen) atoms. The summed E-state index contributed by atoms with van der Waals surface area (Å²) in [5.41, 5.74) is 10.2. The number of benzene rings is 2. The van der Waals surface area contributed by atoms with Crippen molar-refractivity contribution < 1.29 is 0 Å². The highest BCUT2D eigenvalue weighted by Gasteiger charge is 2.55. The number of anilines is 2. The van der Waals surface area contributed by atoms with Crippen molar-refractivity contribution in [3.05, 3.63) is 101 Å². The van der Waals surface area contributed by atoms with Gasteiger partial charge in [-0.05, 0) is 71.1 Å². The minimum atomic E-state index is 0.554. The fourth-order valence-corrected chi connectivity index (χ4v) is 9.69. The summed E-state index contributed by atoms with van der Waals surface area (Å²) < 4.78 is 0. The van der Waals surface area contributed by atoms with Crippen molar-refractivity contribution in [1.82, 2.24) is 0 Å². The predicted molar refractivity (Wildman–Crippen MR) is 155 cm³/mol. The first-order chi connectivity index (χ1) is 17.9. The van der Waals surface area contributed by atoms with Gasteiger partial charge < -0.3 is 9.80 Å². The molecule has 8 rings (SSSR count). The zero-order valence-electron chi connectivity index (χ0n) is 22.7. The molecule has 6 aliphatic rings. The Balaban J connectivity index is 1.16. The Labute approximate surface area is 222 Å². The van der Waals surface area contributed by atoms with E-state index in [1.54, 1.807) is 11.1 Å². The first kappa shape index (κ1) is 22.0. The van der Waals surface area contributed by atoms with Crippen LogP contribution in [0.2, 0.25) is 0 Å². The summed E-state index contributed by atoms with van der Waals surface area (Å²) in [5, 5.41) is 0. The number of hydrogen-bond acceptors (Lipinski definition) is 2. The van der Waals surface area contributed by atoms with Crippen molar-refractivity contribution in [1.29, 1.82) is 0 Å². The number of nitrogens with zero attached hydrogens (tertiary/aromatic N) is 2. The minimum absolute atomic E-state index is 0.554. The zero-order chi connectivity index (χ0) is 25.2. The largest absolute Gasteiger partial charge is 0.370 e. The van der Waals surface area contributed by atoms with Crippen molar-refractivity contribution in [2.24, 2.45) is 35.5 Å². The Kier molecular flexibility index (Phi) is 4.48. The second-order valence-electron chi connectivity index (χ2n) is 12.9. The summed E-state index contributed by atoms with van der Waals surface area (Å²) in [6.45, 7) is 7.22. The van der Waals surface area contributed by atoms with Crippen LogP contribution in [0.1, 0.15) is 47.9 Å². The van der Waals surface area contributed by atoms with Crippen LogP contribution in [0.4, 0.5) is 11.4 Å². The predicted octanol–water partition coefficient (Wildman–Crippen LogP) is 7.34. The number of likely N-dealkylation sites (N-methyl/N-ethyl adjacent to an activating group) is 2. The van der Waals surface area contributed by atoms with Crippen molar-refractivity contribution in [3.8, 4) is 0 Å². The summed E-state index contributed by atoms with van der Waals surface area (Å²) in [6, 6.07) is 15.6. The van der Waals surface area contributed by atoms with Crippen LogP contribution in [0.15, 0.2) is 78.9 Å².